The summed E-state index contributed by atoms with van der Waals surface area (Å²) in [7, 11) is 0. The first-order valence-corrected chi connectivity index (χ1v) is 6.51. The molecule has 0 unspecified atom stereocenters. The largest absolute Gasteiger partial charge is 0.452 e. The topological polar surface area (TPSA) is 73.3 Å². The van der Waals surface area contributed by atoms with E-state index in [4.69, 9.17) is 11.6 Å². The van der Waals surface area contributed by atoms with Crippen LogP contribution in [0.25, 0.3) is 16.8 Å². The highest BCUT2D eigenvalue weighted by molar-refractivity contribution is 6.33. The van der Waals surface area contributed by atoms with E-state index in [1.807, 2.05) is 0 Å². The summed E-state index contributed by atoms with van der Waals surface area (Å²) in [6, 6.07) is 6.60. The van der Waals surface area contributed by atoms with Crippen LogP contribution < -0.4 is 0 Å². The molecule has 2 heterocycles. The van der Waals surface area contributed by atoms with E-state index < -0.39 is 16.9 Å². The van der Waals surface area contributed by atoms with Gasteiger partial charge in [0.1, 0.15) is 0 Å². The maximum absolute atomic E-state index is 12.9. The minimum absolute atomic E-state index is 0.0270. The number of pyridine rings is 1. The average molecular weight is 343 g/mol. The Hall–Kier alpha value is -2.68. The number of halogens is 4. The lowest BCUT2D eigenvalue weighted by molar-refractivity contribution is -0.384. The summed E-state index contributed by atoms with van der Waals surface area (Å²) in [6.07, 6.45) is -3.47. The molecule has 0 amide bonds. The Morgan fingerprint density at radius 3 is 2.52 bits per heavy atom. The van der Waals surface area contributed by atoms with Crippen LogP contribution in [0.1, 0.15) is 5.82 Å². The molecule has 118 valence electrons. The third-order valence-corrected chi connectivity index (χ3v) is 3.44. The van der Waals surface area contributed by atoms with E-state index in [9.17, 15) is 23.3 Å². The Bertz CT molecular complexity index is 923. The third-order valence-electron chi connectivity index (χ3n) is 3.13. The highest BCUT2D eigenvalue weighted by Gasteiger charge is 2.36. The Morgan fingerprint density at radius 1 is 1.17 bits per heavy atom. The Kier molecular flexibility index (Phi) is 3.44. The second kappa shape index (κ2) is 5.20. The molecule has 0 radical (unpaired) electrons. The highest BCUT2D eigenvalue weighted by Crippen LogP contribution is 2.33. The van der Waals surface area contributed by atoms with E-state index in [2.05, 4.69) is 10.2 Å². The Balaban J connectivity index is 2.16. The van der Waals surface area contributed by atoms with Crippen LogP contribution in [0.3, 0.4) is 0 Å². The molecule has 1 aromatic carbocycles. The van der Waals surface area contributed by atoms with Crippen molar-refractivity contribution in [1.82, 2.24) is 14.6 Å². The summed E-state index contributed by atoms with van der Waals surface area (Å²) in [5.41, 5.74) is 0.530. The van der Waals surface area contributed by atoms with E-state index in [1.54, 1.807) is 0 Å². The van der Waals surface area contributed by atoms with Gasteiger partial charge in [-0.1, -0.05) is 11.6 Å². The Labute approximate surface area is 131 Å². The van der Waals surface area contributed by atoms with E-state index in [1.165, 1.54) is 30.5 Å². The molecule has 0 saturated heterocycles. The molecule has 3 aromatic rings. The molecule has 6 nitrogen and oxygen atoms in total. The smallest absolute Gasteiger partial charge is 0.278 e. The van der Waals surface area contributed by atoms with Gasteiger partial charge in [0.05, 0.1) is 9.95 Å². The van der Waals surface area contributed by atoms with E-state index >= 15 is 0 Å². The van der Waals surface area contributed by atoms with E-state index in [0.717, 1.165) is 10.5 Å². The number of hydrogen-bond acceptors (Lipinski definition) is 4. The van der Waals surface area contributed by atoms with Gasteiger partial charge in [-0.05, 0) is 18.2 Å². The lowest BCUT2D eigenvalue weighted by Gasteiger charge is -2.07. The van der Waals surface area contributed by atoms with Crippen LogP contribution in [-0.2, 0) is 6.18 Å². The lowest BCUT2D eigenvalue weighted by Crippen LogP contribution is -2.10. The minimum atomic E-state index is -4.66. The summed E-state index contributed by atoms with van der Waals surface area (Å²) < 4.78 is 39.4. The molecule has 2 aromatic heterocycles. The number of nitro benzene ring substituents is 1. The third kappa shape index (κ3) is 2.70. The quantitative estimate of drug-likeness (QED) is 0.521. The molecule has 0 aliphatic rings. The fraction of sp³-hybridized carbons (Fsp3) is 0.0769. The second-order valence-corrected chi connectivity index (χ2v) is 5.00. The molecule has 0 atom stereocenters. The van der Waals surface area contributed by atoms with Crippen LogP contribution in [0.5, 0.6) is 0 Å². The normalized spacial score (nSPS) is 11.8. The molecule has 0 aliphatic carbocycles. The standard InChI is InChI=1S/C13H6ClF3N4O2/c14-10-5-8(21(22)23)2-3-9(10)7-1-4-11-18-19-12(13(15,16)17)20(11)6-7/h1-6H. The molecule has 10 heteroatoms. The van der Waals surface area contributed by atoms with Crippen LogP contribution in [0.4, 0.5) is 18.9 Å². The predicted molar refractivity (Wildman–Crippen MR) is 75.1 cm³/mol. The van der Waals surface area contributed by atoms with Crippen LogP contribution in [0, 0.1) is 10.1 Å². The molecular formula is C13H6ClF3N4O2. The lowest BCUT2D eigenvalue weighted by atomic mass is 10.1. The van der Waals surface area contributed by atoms with Crippen LogP contribution in [-0.4, -0.2) is 19.5 Å². The zero-order valence-corrected chi connectivity index (χ0v) is 11.8. The van der Waals surface area contributed by atoms with Crippen molar-refractivity contribution in [3.63, 3.8) is 0 Å². The molecule has 0 N–H and O–H groups in total. The number of non-ortho nitro benzene ring substituents is 1. The molecule has 0 aliphatic heterocycles. The van der Waals surface area contributed by atoms with Gasteiger partial charge in [0.25, 0.3) is 5.69 Å². The van der Waals surface area contributed by atoms with Crippen molar-refractivity contribution < 1.29 is 18.1 Å². The summed E-state index contributed by atoms with van der Waals surface area (Å²) >= 11 is 6.00. The fourth-order valence-electron chi connectivity index (χ4n) is 2.10. The first kappa shape index (κ1) is 15.2. The van der Waals surface area contributed by atoms with Crippen molar-refractivity contribution in [2.24, 2.45) is 0 Å². The number of fused-ring (bicyclic) bond motifs is 1. The summed E-state index contributed by atoms with van der Waals surface area (Å²) in [4.78, 5) is 10.1. The van der Waals surface area contributed by atoms with Gasteiger partial charge in [-0.25, -0.2) is 0 Å². The first-order valence-electron chi connectivity index (χ1n) is 6.13. The van der Waals surface area contributed by atoms with Gasteiger partial charge in [-0.15, -0.1) is 10.2 Å². The van der Waals surface area contributed by atoms with Crippen molar-refractivity contribution in [1.29, 1.82) is 0 Å². The van der Waals surface area contributed by atoms with Gasteiger partial charge in [-0.2, -0.15) is 13.2 Å². The van der Waals surface area contributed by atoms with E-state index in [-0.39, 0.29) is 16.4 Å². The number of hydrogen-bond donors (Lipinski definition) is 0. The minimum Gasteiger partial charge on any atom is -0.278 e. The average Bonchev–Trinajstić information content (AvgIpc) is 2.89. The monoisotopic (exact) mass is 342 g/mol. The summed E-state index contributed by atoms with van der Waals surface area (Å²) in [5, 5.41) is 17.3. The molecule has 3 rings (SSSR count). The number of aromatic nitrogens is 3. The van der Waals surface area contributed by atoms with Crippen molar-refractivity contribution in [3.8, 4) is 11.1 Å². The first-order chi connectivity index (χ1) is 10.8. The van der Waals surface area contributed by atoms with Crippen LogP contribution >= 0.6 is 11.6 Å². The maximum atomic E-state index is 12.9. The molecular weight excluding hydrogens is 337 g/mol. The van der Waals surface area contributed by atoms with Crippen molar-refractivity contribution >= 4 is 22.9 Å². The van der Waals surface area contributed by atoms with E-state index in [0.29, 0.717) is 11.1 Å². The molecule has 0 spiro atoms. The summed E-state index contributed by atoms with van der Waals surface area (Å²) in [6.45, 7) is 0. The molecule has 23 heavy (non-hydrogen) atoms. The van der Waals surface area contributed by atoms with Gasteiger partial charge in [0.15, 0.2) is 5.65 Å². The van der Waals surface area contributed by atoms with Gasteiger partial charge in [-0.3, -0.25) is 14.5 Å². The zero-order chi connectivity index (χ0) is 16.8. The van der Waals surface area contributed by atoms with Crippen LogP contribution in [0.15, 0.2) is 36.5 Å². The van der Waals surface area contributed by atoms with Gasteiger partial charge in [0, 0.05) is 29.5 Å². The number of rotatable bonds is 2. The fourth-order valence-corrected chi connectivity index (χ4v) is 2.38. The number of benzene rings is 1. The second-order valence-electron chi connectivity index (χ2n) is 4.59. The van der Waals surface area contributed by atoms with Gasteiger partial charge in [0.2, 0.25) is 5.82 Å². The predicted octanol–water partition coefficient (Wildman–Crippen LogP) is 3.98. The molecule has 0 saturated carbocycles. The highest BCUT2D eigenvalue weighted by atomic mass is 35.5. The molecule has 0 bridgehead atoms. The number of nitrogens with zero attached hydrogens (tertiary/aromatic N) is 4. The zero-order valence-electron chi connectivity index (χ0n) is 11.1. The van der Waals surface area contributed by atoms with Crippen molar-refractivity contribution in [3.05, 3.63) is 57.5 Å². The summed E-state index contributed by atoms with van der Waals surface area (Å²) in [5.74, 6) is -1.16. The maximum Gasteiger partial charge on any atom is 0.452 e. The number of alkyl halides is 3. The van der Waals surface area contributed by atoms with Crippen LogP contribution in [0.2, 0.25) is 5.02 Å². The van der Waals surface area contributed by atoms with Crippen molar-refractivity contribution in [2.75, 3.05) is 0 Å². The Morgan fingerprint density at radius 2 is 1.91 bits per heavy atom. The SMILES string of the molecule is O=[N+]([O-])c1ccc(-c2ccc3nnc(C(F)(F)F)n3c2)c(Cl)c1. The van der Waals surface area contributed by atoms with Crippen molar-refractivity contribution in [2.45, 2.75) is 6.18 Å². The van der Waals surface area contributed by atoms with Gasteiger partial charge < -0.3 is 0 Å². The number of nitro groups is 1. The molecule has 0 fully saturated rings. The van der Waals surface area contributed by atoms with Gasteiger partial charge >= 0.3 is 6.18 Å².